The molecule has 2 aromatic carbocycles. The summed E-state index contributed by atoms with van der Waals surface area (Å²) in [6, 6.07) is 18.5. The quantitative estimate of drug-likeness (QED) is 0.521. The highest BCUT2D eigenvalue weighted by Gasteiger charge is 2.31. The van der Waals surface area contributed by atoms with Gasteiger partial charge in [0.1, 0.15) is 0 Å². The van der Waals surface area contributed by atoms with E-state index in [9.17, 15) is 4.79 Å². The van der Waals surface area contributed by atoms with Crippen LogP contribution in [0, 0.1) is 13.8 Å². The molecule has 0 radical (unpaired) electrons. The fourth-order valence-electron chi connectivity index (χ4n) is 3.52. The zero-order valence-electron chi connectivity index (χ0n) is 18.5. The Morgan fingerprint density at radius 2 is 1.65 bits per heavy atom. The number of para-hydroxylation sites is 1. The van der Waals surface area contributed by atoms with Crippen molar-refractivity contribution in [3.8, 4) is 5.69 Å². The van der Waals surface area contributed by atoms with Gasteiger partial charge < -0.3 is 9.47 Å². The van der Waals surface area contributed by atoms with E-state index in [1.807, 2.05) is 70.5 Å². The number of carbonyl (C=O) groups excluding carboxylic acids is 1. The highest BCUT2D eigenvalue weighted by atomic mass is 32.2. The maximum atomic E-state index is 12.9. The van der Waals surface area contributed by atoms with E-state index in [0.717, 1.165) is 33.9 Å². The normalized spacial score (nSPS) is 16.5. The SMILES string of the molecule is Cc1cccc(C)c1N=C1S/C(=C\c2cccn2-c2ccc(N(C)C)cc2)C(=O)N1C. The second-order valence-electron chi connectivity index (χ2n) is 7.82. The second-order valence-corrected chi connectivity index (χ2v) is 8.83. The Bertz CT molecular complexity index is 1170. The lowest BCUT2D eigenvalue weighted by Gasteiger charge is -2.13. The lowest BCUT2D eigenvalue weighted by Crippen LogP contribution is -2.23. The molecule has 0 aliphatic carbocycles. The van der Waals surface area contributed by atoms with Gasteiger partial charge in [-0.25, -0.2) is 4.99 Å². The molecule has 1 aliphatic heterocycles. The first-order valence-corrected chi connectivity index (χ1v) is 10.9. The molecule has 5 nitrogen and oxygen atoms in total. The minimum absolute atomic E-state index is 0.0364. The molecule has 0 saturated carbocycles. The number of hydrogen-bond acceptors (Lipinski definition) is 4. The van der Waals surface area contributed by atoms with Gasteiger partial charge in [-0.15, -0.1) is 0 Å². The maximum Gasteiger partial charge on any atom is 0.266 e. The molecule has 2 heterocycles. The number of rotatable bonds is 4. The Kier molecular flexibility index (Phi) is 5.74. The lowest BCUT2D eigenvalue weighted by atomic mass is 10.1. The van der Waals surface area contributed by atoms with E-state index in [1.165, 1.54) is 11.8 Å². The number of thioether (sulfide) groups is 1. The summed E-state index contributed by atoms with van der Waals surface area (Å²) in [5.74, 6) is -0.0364. The lowest BCUT2D eigenvalue weighted by molar-refractivity contribution is -0.121. The second kappa shape index (κ2) is 8.47. The average molecular weight is 431 g/mol. The number of benzene rings is 2. The van der Waals surface area contributed by atoms with Crippen LogP contribution in [0.4, 0.5) is 11.4 Å². The van der Waals surface area contributed by atoms with Crippen LogP contribution in [0.3, 0.4) is 0 Å². The fourth-order valence-corrected chi connectivity index (χ4v) is 4.48. The van der Waals surface area contributed by atoms with Gasteiger partial charge in [-0.05, 0) is 79.2 Å². The van der Waals surface area contributed by atoms with Gasteiger partial charge >= 0.3 is 0 Å². The minimum atomic E-state index is -0.0364. The molecule has 0 unspecified atom stereocenters. The highest BCUT2D eigenvalue weighted by molar-refractivity contribution is 8.18. The van der Waals surface area contributed by atoms with Gasteiger partial charge in [0.05, 0.1) is 10.6 Å². The van der Waals surface area contributed by atoms with E-state index in [0.29, 0.717) is 10.1 Å². The van der Waals surface area contributed by atoms with Crippen LogP contribution in [0.2, 0.25) is 0 Å². The highest BCUT2D eigenvalue weighted by Crippen LogP contribution is 2.35. The van der Waals surface area contributed by atoms with Gasteiger partial charge in [0.25, 0.3) is 5.91 Å². The molecule has 0 atom stereocenters. The predicted molar refractivity (Wildman–Crippen MR) is 131 cm³/mol. The third kappa shape index (κ3) is 4.16. The van der Waals surface area contributed by atoms with Crippen LogP contribution in [0.1, 0.15) is 16.8 Å². The molecular weight excluding hydrogens is 404 g/mol. The van der Waals surface area contributed by atoms with Crippen LogP contribution in [0.15, 0.2) is 70.7 Å². The summed E-state index contributed by atoms with van der Waals surface area (Å²) >= 11 is 1.42. The molecule has 6 heteroatoms. The molecule has 31 heavy (non-hydrogen) atoms. The Hall–Kier alpha value is -3.25. The Labute approximate surface area is 187 Å². The molecule has 1 saturated heterocycles. The summed E-state index contributed by atoms with van der Waals surface area (Å²) in [6.45, 7) is 4.08. The van der Waals surface area contributed by atoms with Gasteiger partial charge in [-0.2, -0.15) is 0 Å². The van der Waals surface area contributed by atoms with Crippen molar-refractivity contribution in [2.24, 2.45) is 4.99 Å². The van der Waals surface area contributed by atoms with E-state index in [1.54, 1.807) is 11.9 Å². The van der Waals surface area contributed by atoms with Crippen molar-refractivity contribution < 1.29 is 4.79 Å². The van der Waals surface area contributed by atoms with Crippen molar-refractivity contribution >= 4 is 40.3 Å². The Morgan fingerprint density at radius 1 is 0.968 bits per heavy atom. The first kappa shape index (κ1) is 21.0. The number of carbonyl (C=O) groups is 1. The third-order valence-electron chi connectivity index (χ3n) is 5.35. The van der Waals surface area contributed by atoms with Gasteiger partial charge in [-0.3, -0.25) is 9.69 Å². The number of amidine groups is 1. The van der Waals surface area contributed by atoms with E-state index < -0.39 is 0 Å². The van der Waals surface area contributed by atoms with Crippen LogP contribution in [-0.2, 0) is 4.79 Å². The van der Waals surface area contributed by atoms with Crippen LogP contribution < -0.4 is 4.90 Å². The zero-order valence-corrected chi connectivity index (χ0v) is 19.3. The molecule has 1 fully saturated rings. The van der Waals surface area contributed by atoms with E-state index in [4.69, 9.17) is 4.99 Å². The van der Waals surface area contributed by atoms with Gasteiger partial charge in [0, 0.05) is 44.4 Å². The summed E-state index contributed by atoms with van der Waals surface area (Å²) in [5, 5.41) is 0.696. The molecule has 3 aromatic rings. The van der Waals surface area contributed by atoms with Crippen LogP contribution in [0.5, 0.6) is 0 Å². The van der Waals surface area contributed by atoms with Gasteiger partial charge in [0.2, 0.25) is 0 Å². The number of amides is 1. The molecule has 0 spiro atoms. The molecular formula is C25H26N4OS. The predicted octanol–water partition coefficient (Wildman–Crippen LogP) is 5.39. The smallest absolute Gasteiger partial charge is 0.266 e. The molecule has 0 N–H and O–H groups in total. The number of likely N-dealkylation sites (N-methyl/N-ethyl adjacent to an activating group) is 1. The maximum absolute atomic E-state index is 12.9. The zero-order chi connectivity index (χ0) is 22.1. The van der Waals surface area contributed by atoms with Crippen molar-refractivity contribution in [2.75, 3.05) is 26.0 Å². The summed E-state index contributed by atoms with van der Waals surface area (Å²) < 4.78 is 2.08. The summed E-state index contributed by atoms with van der Waals surface area (Å²) in [7, 11) is 5.83. The summed E-state index contributed by atoms with van der Waals surface area (Å²) in [5.41, 5.74) is 6.27. The average Bonchev–Trinajstić information content (AvgIpc) is 3.31. The van der Waals surface area contributed by atoms with Crippen molar-refractivity contribution in [2.45, 2.75) is 13.8 Å². The molecule has 1 amide bonds. The standard InChI is InChI=1S/C25H26N4OS/c1-17-8-6-9-18(2)23(17)26-25-28(5)24(30)22(31-25)16-21-10-7-15-29(21)20-13-11-19(12-14-20)27(3)4/h6-16H,1-5H3/b22-16-,26-25?. The van der Waals surface area contributed by atoms with Gasteiger partial charge in [0.15, 0.2) is 5.17 Å². The minimum Gasteiger partial charge on any atom is -0.378 e. The van der Waals surface area contributed by atoms with E-state index in [-0.39, 0.29) is 5.91 Å². The molecule has 158 valence electrons. The van der Waals surface area contributed by atoms with E-state index in [2.05, 4.69) is 33.7 Å². The van der Waals surface area contributed by atoms with Crippen molar-refractivity contribution in [1.82, 2.24) is 9.47 Å². The summed E-state index contributed by atoms with van der Waals surface area (Å²) in [4.78, 5) is 22.1. The number of aliphatic imine (C=N–C) groups is 1. The molecule has 4 rings (SSSR count). The third-order valence-corrected chi connectivity index (χ3v) is 6.41. The monoisotopic (exact) mass is 430 g/mol. The fraction of sp³-hybridized carbons (Fsp3) is 0.200. The first-order valence-electron chi connectivity index (χ1n) is 10.1. The topological polar surface area (TPSA) is 40.8 Å². The number of aromatic nitrogens is 1. The van der Waals surface area contributed by atoms with Crippen LogP contribution >= 0.6 is 11.8 Å². The van der Waals surface area contributed by atoms with Crippen LogP contribution in [0.25, 0.3) is 11.8 Å². The van der Waals surface area contributed by atoms with E-state index >= 15 is 0 Å². The number of nitrogens with zero attached hydrogens (tertiary/aromatic N) is 4. The Balaban J connectivity index is 1.66. The summed E-state index contributed by atoms with van der Waals surface area (Å²) in [6.07, 6.45) is 3.95. The largest absolute Gasteiger partial charge is 0.378 e. The Morgan fingerprint density at radius 3 is 2.29 bits per heavy atom. The first-order chi connectivity index (χ1) is 14.8. The van der Waals surface area contributed by atoms with Crippen LogP contribution in [-0.4, -0.2) is 41.7 Å². The number of hydrogen-bond donors (Lipinski definition) is 0. The molecule has 1 aromatic heterocycles. The van der Waals surface area contributed by atoms with Crippen molar-refractivity contribution in [1.29, 1.82) is 0 Å². The number of anilines is 1. The molecule has 1 aliphatic rings. The van der Waals surface area contributed by atoms with Crippen molar-refractivity contribution in [3.05, 3.63) is 82.5 Å². The van der Waals surface area contributed by atoms with Gasteiger partial charge in [-0.1, -0.05) is 18.2 Å². The molecule has 0 bridgehead atoms. The van der Waals surface area contributed by atoms with Crippen molar-refractivity contribution in [3.63, 3.8) is 0 Å². The number of aryl methyl sites for hydroxylation is 2.